The number of esters is 2. The Bertz CT molecular complexity index is 1280. The van der Waals surface area contributed by atoms with E-state index in [0.717, 1.165) is 4.90 Å². The van der Waals surface area contributed by atoms with Crippen molar-refractivity contribution in [3.63, 3.8) is 0 Å². The van der Waals surface area contributed by atoms with Crippen LogP contribution in [0.5, 0.6) is 0 Å². The van der Waals surface area contributed by atoms with Crippen LogP contribution in [0.3, 0.4) is 0 Å². The molecule has 174 valence electrons. The summed E-state index contributed by atoms with van der Waals surface area (Å²) in [5.41, 5.74) is 0.257. The van der Waals surface area contributed by atoms with Crippen molar-refractivity contribution < 1.29 is 23.8 Å². The highest BCUT2D eigenvalue weighted by molar-refractivity contribution is 8.00. The van der Waals surface area contributed by atoms with Crippen LogP contribution in [0.4, 0.5) is 0 Å². The van der Waals surface area contributed by atoms with E-state index >= 15 is 0 Å². The summed E-state index contributed by atoms with van der Waals surface area (Å²) >= 11 is 14.3. The van der Waals surface area contributed by atoms with Crippen molar-refractivity contribution in [2.24, 2.45) is 11.8 Å². The number of nitrogens with zero attached hydrogens (tertiary/aromatic N) is 1. The fraction of sp³-hybridized carbons (Fsp3) is 0.240. The summed E-state index contributed by atoms with van der Waals surface area (Å²) in [7, 11) is 2.56. The summed E-state index contributed by atoms with van der Waals surface area (Å²) in [4.78, 5) is 30.5. The van der Waals surface area contributed by atoms with Gasteiger partial charge in [-0.3, -0.25) is 9.59 Å². The zero-order valence-corrected chi connectivity index (χ0v) is 20.5. The van der Waals surface area contributed by atoms with Crippen LogP contribution >= 0.6 is 35.0 Å². The van der Waals surface area contributed by atoms with E-state index in [2.05, 4.69) is 4.98 Å². The van der Waals surface area contributed by atoms with Crippen molar-refractivity contribution in [1.82, 2.24) is 4.98 Å². The molecule has 1 saturated heterocycles. The fourth-order valence-electron chi connectivity index (χ4n) is 5.08. The SMILES string of the molecule is COC(=O)[C@@H]1[C@H](C(=O)OC)[C@@]2(c3ccccc3)O[C@]1(Sc1ccccc1)c1cc(Cl)nc(Cl)c12. The molecule has 1 aromatic heterocycles. The van der Waals surface area contributed by atoms with Gasteiger partial charge in [0.05, 0.1) is 14.2 Å². The third kappa shape index (κ3) is 3.18. The lowest BCUT2D eigenvalue weighted by Crippen LogP contribution is -2.47. The average Bonchev–Trinajstić information content (AvgIpc) is 3.31. The molecule has 0 N–H and O–H groups in total. The Kier molecular flexibility index (Phi) is 5.84. The molecule has 1 fully saturated rings. The smallest absolute Gasteiger partial charge is 0.313 e. The van der Waals surface area contributed by atoms with Gasteiger partial charge in [-0.05, 0) is 23.8 Å². The number of carbonyl (C=O) groups is 2. The molecule has 0 amide bonds. The summed E-state index contributed by atoms with van der Waals surface area (Å²) < 4.78 is 17.3. The molecular formula is C25H19Cl2NO5S. The van der Waals surface area contributed by atoms with Crippen molar-refractivity contribution in [1.29, 1.82) is 0 Å². The first kappa shape index (κ1) is 23.2. The Morgan fingerprint density at radius 2 is 1.53 bits per heavy atom. The van der Waals surface area contributed by atoms with Crippen molar-refractivity contribution >= 4 is 46.9 Å². The molecule has 2 aliphatic heterocycles. The molecule has 0 radical (unpaired) electrons. The molecule has 3 heterocycles. The lowest BCUT2D eigenvalue weighted by atomic mass is 9.66. The van der Waals surface area contributed by atoms with E-state index in [0.29, 0.717) is 16.7 Å². The molecular weight excluding hydrogens is 497 g/mol. The number of fused-ring (bicyclic) bond motifs is 5. The second-order valence-electron chi connectivity index (χ2n) is 7.95. The van der Waals surface area contributed by atoms with Crippen LogP contribution in [0.1, 0.15) is 16.7 Å². The first-order chi connectivity index (χ1) is 16.4. The van der Waals surface area contributed by atoms with Crippen molar-refractivity contribution in [3.8, 4) is 0 Å². The van der Waals surface area contributed by atoms with Crippen LogP contribution in [0.15, 0.2) is 71.6 Å². The third-order valence-corrected chi connectivity index (χ3v) is 8.15. The molecule has 2 bridgehead atoms. The number of thioether (sulfide) groups is 1. The molecule has 0 aliphatic carbocycles. The van der Waals surface area contributed by atoms with Gasteiger partial charge in [0.15, 0.2) is 4.93 Å². The van der Waals surface area contributed by atoms with E-state index < -0.39 is 34.3 Å². The number of methoxy groups -OCH3 is 2. The number of ether oxygens (including phenoxy) is 3. The minimum absolute atomic E-state index is 0.0964. The van der Waals surface area contributed by atoms with Crippen LogP contribution < -0.4 is 0 Å². The number of pyridine rings is 1. The van der Waals surface area contributed by atoms with Gasteiger partial charge in [0, 0.05) is 16.0 Å². The first-order valence-electron chi connectivity index (χ1n) is 10.4. The molecule has 6 nitrogen and oxygen atoms in total. The minimum atomic E-state index is -1.45. The monoisotopic (exact) mass is 515 g/mol. The van der Waals surface area contributed by atoms with Gasteiger partial charge in [-0.2, -0.15) is 0 Å². The normalized spacial score (nSPS) is 26.7. The number of aromatic nitrogens is 1. The summed E-state index contributed by atoms with van der Waals surface area (Å²) in [5, 5.41) is 0.244. The van der Waals surface area contributed by atoms with Gasteiger partial charge < -0.3 is 14.2 Å². The quantitative estimate of drug-likeness (QED) is 0.341. The number of hydrogen-bond acceptors (Lipinski definition) is 7. The van der Waals surface area contributed by atoms with E-state index in [1.165, 1.54) is 26.0 Å². The molecule has 2 aromatic carbocycles. The van der Waals surface area contributed by atoms with Crippen LogP contribution in [0, 0.1) is 11.8 Å². The molecule has 34 heavy (non-hydrogen) atoms. The highest BCUT2D eigenvalue weighted by Crippen LogP contribution is 2.72. The third-order valence-electron chi connectivity index (χ3n) is 6.31. The predicted molar refractivity (Wildman–Crippen MR) is 128 cm³/mol. The average molecular weight is 516 g/mol. The number of hydrogen-bond donors (Lipinski definition) is 0. The van der Waals surface area contributed by atoms with E-state index in [1.54, 1.807) is 6.07 Å². The van der Waals surface area contributed by atoms with Crippen molar-refractivity contribution in [2.45, 2.75) is 15.4 Å². The lowest BCUT2D eigenvalue weighted by molar-refractivity contribution is -0.159. The Labute approximate surface area is 210 Å². The number of benzene rings is 2. The van der Waals surface area contributed by atoms with Crippen molar-refractivity contribution in [3.05, 3.63) is 93.7 Å². The van der Waals surface area contributed by atoms with Crippen molar-refractivity contribution in [2.75, 3.05) is 14.2 Å². The molecule has 0 unspecified atom stereocenters. The number of carbonyl (C=O) groups excluding carboxylic acids is 2. The number of rotatable bonds is 5. The van der Waals surface area contributed by atoms with E-state index in [1.807, 2.05) is 60.7 Å². The molecule has 2 aliphatic rings. The van der Waals surface area contributed by atoms with Crippen LogP contribution in [0.25, 0.3) is 0 Å². The largest absolute Gasteiger partial charge is 0.469 e. The maximum absolute atomic E-state index is 13.4. The molecule has 4 atom stereocenters. The van der Waals surface area contributed by atoms with E-state index in [9.17, 15) is 9.59 Å². The zero-order chi connectivity index (χ0) is 24.1. The maximum atomic E-state index is 13.4. The molecule has 5 rings (SSSR count). The minimum Gasteiger partial charge on any atom is -0.469 e. The van der Waals surface area contributed by atoms with Gasteiger partial charge in [0.25, 0.3) is 0 Å². The predicted octanol–water partition coefficient (Wildman–Crippen LogP) is 5.20. The van der Waals surface area contributed by atoms with Crippen LogP contribution in [-0.2, 0) is 34.3 Å². The van der Waals surface area contributed by atoms with Gasteiger partial charge in [-0.15, -0.1) is 0 Å². The van der Waals surface area contributed by atoms with Gasteiger partial charge in [-0.25, -0.2) is 4.98 Å². The Morgan fingerprint density at radius 3 is 2.15 bits per heavy atom. The van der Waals surface area contributed by atoms with Gasteiger partial charge in [0.2, 0.25) is 0 Å². The highest BCUT2D eigenvalue weighted by atomic mass is 35.5. The topological polar surface area (TPSA) is 74.7 Å². The van der Waals surface area contributed by atoms with Crippen LogP contribution in [-0.4, -0.2) is 31.1 Å². The second kappa shape index (κ2) is 8.57. The molecule has 0 spiro atoms. The highest BCUT2D eigenvalue weighted by Gasteiger charge is 2.76. The summed E-state index contributed by atoms with van der Waals surface area (Å²) in [6.07, 6.45) is 0. The van der Waals surface area contributed by atoms with Crippen LogP contribution in [0.2, 0.25) is 10.3 Å². The first-order valence-corrected chi connectivity index (χ1v) is 12.0. The Hall–Kier alpha value is -2.58. The van der Waals surface area contributed by atoms with Gasteiger partial charge in [-0.1, -0.05) is 83.5 Å². The summed E-state index contributed by atoms with van der Waals surface area (Å²) in [6, 6.07) is 20.3. The Morgan fingerprint density at radius 1 is 0.941 bits per heavy atom. The molecule has 9 heteroatoms. The van der Waals surface area contributed by atoms with E-state index in [4.69, 9.17) is 37.4 Å². The standard InChI is InChI=1S/C25H19Cl2NO5S/c1-31-22(29)19-20(23(30)32-2)25(34-15-11-7-4-8-12-15)16-13-17(26)28-21(27)18(16)24(19,33-25)14-9-5-3-6-10-14/h3-13,19-20H,1-2H3/t19-,20+,24+,25+/m1/s1. The number of halogens is 2. The van der Waals surface area contributed by atoms with Gasteiger partial charge >= 0.3 is 11.9 Å². The lowest BCUT2D eigenvalue weighted by Gasteiger charge is -2.37. The Balaban J connectivity index is 1.89. The molecule has 0 saturated carbocycles. The van der Waals surface area contributed by atoms with Gasteiger partial charge in [0.1, 0.15) is 27.7 Å². The maximum Gasteiger partial charge on any atom is 0.313 e. The fourth-order valence-corrected chi connectivity index (χ4v) is 7.10. The second-order valence-corrected chi connectivity index (χ2v) is 9.97. The molecule has 3 aromatic rings. The van der Waals surface area contributed by atoms with E-state index in [-0.39, 0.29) is 10.3 Å². The summed E-state index contributed by atoms with van der Waals surface area (Å²) in [6.45, 7) is 0. The summed E-state index contributed by atoms with van der Waals surface area (Å²) in [5.74, 6) is -3.37. The zero-order valence-electron chi connectivity index (χ0n) is 18.2.